The van der Waals surface area contributed by atoms with Crippen LogP contribution in [0, 0.1) is 5.92 Å². The molecule has 1 saturated heterocycles. The highest BCUT2D eigenvalue weighted by Crippen LogP contribution is 2.31. The van der Waals surface area contributed by atoms with Gasteiger partial charge in [-0.3, -0.25) is 9.59 Å². The highest BCUT2D eigenvalue weighted by Gasteiger charge is 2.34. The molecule has 0 spiro atoms. The highest BCUT2D eigenvalue weighted by molar-refractivity contribution is 5.75. The second kappa shape index (κ2) is 5.79. The summed E-state index contributed by atoms with van der Waals surface area (Å²) >= 11 is 0. The molecule has 3 rings (SSSR count). The SMILES string of the molecule is O=C(Cn1ccc(=O)cc1)NC[C@@H]1CCN(C2CC2)C1. The molecule has 1 saturated carbocycles. The second-order valence-corrected chi connectivity index (χ2v) is 5.89. The Morgan fingerprint density at radius 1 is 1.25 bits per heavy atom. The van der Waals surface area contributed by atoms with E-state index in [9.17, 15) is 9.59 Å². The van der Waals surface area contributed by atoms with E-state index in [2.05, 4.69) is 10.2 Å². The van der Waals surface area contributed by atoms with Crippen LogP contribution in [-0.4, -0.2) is 41.1 Å². The van der Waals surface area contributed by atoms with Gasteiger partial charge >= 0.3 is 0 Å². The van der Waals surface area contributed by atoms with Gasteiger partial charge in [-0.1, -0.05) is 0 Å². The highest BCUT2D eigenvalue weighted by atomic mass is 16.2. The van der Waals surface area contributed by atoms with Crippen LogP contribution < -0.4 is 10.7 Å². The van der Waals surface area contributed by atoms with Crippen molar-refractivity contribution in [3.63, 3.8) is 0 Å². The molecule has 2 fully saturated rings. The molecule has 1 aromatic rings. The van der Waals surface area contributed by atoms with E-state index < -0.39 is 0 Å². The third-order valence-electron chi connectivity index (χ3n) is 4.16. The van der Waals surface area contributed by atoms with Crippen molar-refractivity contribution in [3.05, 3.63) is 34.7 Å². The molecule has 1 aliphatic heterocycles. The molecule has 1 aromatic heterocycles. The summed E-state index contributed by atoms with van der Waals surface area (Å²) in [6.45, 7) is 3.36. The first kappa shape index (κ1) is 13.4. The molecule has 5 heteroatoms. The van der Waals surface area contributed by atoms with Crippen molar-refractivity contribution in [2.45, 2.75) is 31.8 Å². The van der Waals surface area contributed by atoms with Crippen molar-refractivity contribution in [1.29, 1.82) is 0 Å². The Morgan fingerprint density at radius 3 is 2.70 bits per heavy atom. The molecule has 1 aliphatic carbocycles. The zero-order chi connectivity index (χ0) is 13.9. The fraction of sp³-hybridized carbons (Fsp3) is 0.600. The van der Waals surface area contributed by atoms with Crippen LogP contribution in [0.4, 0.5) is 0 Å². The van der Waals surface area contributed by atoms with Crippen molar-refractivity contribution in [3.8, 4) is 0 Å². The van der Waals surface area contributed by atoms with Gasteiger partial charge in [-0.05, 0) is 31.7 Å². The summed E-state index contributed by atoms with van der Waals surface area (Å²) in [4.78, 5) is 25.4. The predicted octanol–water partition coefficient (Wildman–Crippen LogP) is 0.449. The summed E-state index contributed by atoms with van der Waals surface area (Å²) in [6, 6.07) is 3.77. The smallest absolute Gasteiger partial charge is 0.239 e. The van der Waals surface area contributed by atoms with Gasteiger partial charge in [0.05, 0.1) is 0 Å². The molecule has 0 unspecified atom stereocenters. The number of likely N-dealkylation sites (tertiary alicyclic amines) is 1. The number of rotatable bonds is 5. The maximum atomic E-state index is 11.9. The number of nitrogens with one attached hydrogen (secondary N) is 1. The maximum absolute atomic E-state index is 11.9. The van der Waals surface area contributed by atoms with Crippen LogP contribution in [-0.2, 0) is 11.3 Å². The topological polar surface area (TPSA) is 54.3 Å². The molecule has 0 bridgehead atoms. The summed E-state index contributed by atoms with van der Waals surface area (Å²) < 4.78 is 1.72. The lowest BCUT2D eigenvalue weighted by molar-refractivity contribution is -0.121. The van der Waals surface area contributed by atoms with Crippen molar-refractivity contribution in [1.82, 2.24) is 14.8 Å². The lowest BCUT2D eigenvalue weighted by atomic mass is 10.1. The summed E-state index contributed by atoms with van der Waals surface area (Å²) in [7, 11) is 0. The Hall–Kier alpha value is -1.62. The third kappa shape index (κ3) is 3.48. The van der Waals surface area contributed by atoms with Gasteiger partial charge in [0.1, 0.15) is 6.54 Å². The Balaban J connectivity index is 1.40. The third-order valence-corrected chi connectivity index (χ3v) is 4.16. The van der Waals surface area contributed by atoms with Crippen LogP contribution in [0.5, 0.6) is 0 Å². The summed E-state index contributed by atoms with van der Waals surface area (Å²) in [5, 5.41) is 3.00. The number of amides is 1. The first-order valence-corrected chi connectivity index (χ1v) is 7.37. The summed E-state index contributed by atoms with van der Waals surface area (Å²) in [5.41, 5.74) is -0.0345. The van der Waals surface area contributed by atoms with Crippen molar-refractivity contribution in [2.75, 3.05) is 19.6 Å². The van der Waals surface area contributed by atoms with E-state index in [0.29, 0.717) is 5.92 Å². The standard InChI is InChI=1S/C15H21N3O2/c19-14-4-6-17(7-5-14)11-15(20)16-9-12-3-8-18(10-12)13-1-2-13/h4-7,12-13H,1-3,8-11H2,(H,16,20)/t12-/m0/s1. The van der Waals surface area contributed by atoms with Crippen molar-refractivity contribution in [2.24, 2.45) is 5.92 Å². The number of hydrogen-bond donors (Lipinski definition) is 1. The molecule has 20 heavy (non-hydrogen) atoms. The van der Waals surface area contributed by atoms with E-state index in [4.69, 9.17) is 0 Å². The van der Waals surface area contributed by atoms with E-state index in [1.807, 2.05) is 0 Å². The molecular formula is C15H21N3O2. The molecule has 0 radical (unpaired) electrons. The first-order valence-electron chi connectivity index (χ1n) is 7.37. The van der Waals surface area contributed by atoms with Crippen molar-refractivity contribution < 1.29 is 4.79 Å². The Labute approximate surface area is 118 Å². The average molecular weight is 275 g/mol. The average Bonchev–Trinajstić information content (AvgIpc) is 3.18. The van der Waals surface area contributed by atoms with Gasteiger partial charge in [-0.15, -0.1) is 0 Å². The van der Waals surface area contributed by atoms with E-state index in [0.717, 1.165) is 19.1 Å². The summed E-state index contributed by atoms with van der Waals surface area (Å²) in [6.07, 6.45) is 7.18. The molecule has 1 amide bonds. The number of hydrogen-bond acceptors (Lipinski definition) is 3. The van der Waals surface area contributed by atoms with Gasteiger partial charge in [0.2, 0.25) is 5.91 Å². The van der Waals surface area contributed by atoms with Crippen LogP contribution in [0.15, 0.2) is 29.3 Å². The van der Waals surface area contributed by atoms with Gasteiger partial charge in [-0.25, -0.2) is 0 Å². The molecule has 0 aromatic carbocycles. The van der Waals surface area contributed by atoms with E-state index in [1.54, 1.807) is 17.0 Å². The quantitative estimate of drug-likeness (QED) is 0.849. The van der Waals surface area contributed by atoms with Gasteiger partial charge in [0.15, 0.2) is 5.43 Å². The zero-order valence-electron chi connectivity index (χ0n) is 11.6. The van der Waals surface area contributed by atoms with Gasteiger partial charge in [0, 0.05) is 43.7 Å². The monoisotopic (exact) mass is 275 g/mol. The molecule has 108 valence electrons. The molecule has 5 nitrogen and oxygen atoms in total. The molecular weight excluding hydrogens is 254 g/mol. The Kier molecular flexibility index (Phi) is 3.87. The molecule has 2 aliphatic rings. The predicted molar refractivity (Wildman–Crippen MR) is 76.4 cm³/mol. The Bertz CT molecular complexity index is 516. The van der Waals surface area contributed by atoms with Crippen LogP contribution in [0.1, 0.15) is 19.3 Å². The van der Waals surface area contributed by atoms with Crippen LogP contribution in [0.3, 0.4) is 0 Å². The largest absolute Gasteiger partial charge is 0.354 e. The minimum atomic E-state index is -0.0345. The minimum Gasteiger partial charge on any atom is -0.354 e. The molecule has 1 atom stereocenters. The zero-order valence-corrected chi connectivity index (χ0v) is 11.6. The maximum Gasteiger partial charge on any atom is 0.239 e. The molecule has 1 N–H and O–H groups in total. The lowest BCUT2D eigenvalue weighted by Crippen LogP contribution is -2.33. The normalized spacial score (nSPS) is 22.9. The van der Waals surface area contributed by atoms with Crippen LogP contribution in [0.2, 0.25) is 0 Å². The molecule has 2 heterocycles. The fourth-order valence-corrected chi connectivity index (χ4v) is 2.83. The lowest BCUT2D eigenvalue weighted by Gasteiger charge is -2.15. The number of aromatic nitrogens is 1. The van der Waals surface area contributed by atoms with E-state index >= 15 is 0 Å². The van der Waals surface area contributed by atoms with Crippen LogP contribution >= 0.6 is 0 Å². The fourth-order valence-electron chi connectivity index (χ4n) is 2.83. The van der Waals surface area contributed by atoms with E-state index in [-0.39, 0.29) is 17.9 Å². The van der Waals surface area contributed by atoms with Crippen molar-refractivity contribution >= 4 is 5.91 Å². The number of nitrogens with zero attached hydrogens (tertiary/aromatic N) is 2. The van der Waals surface area contributed by atoms with E-state index in [1.165, 1.54) is 37.9 Å². The number of pyridine rings is 1. The van der Waals surface area contributed by atoms with Gasteiger partial charge in [0.25, 0.3) is 0 Å². The second-order valence-electron chi connectivity index (χ2n) is 5.89. The van der Waals surface area contributed by atoms with Gasteiger partial charge in [-0.2, -0.15) is 0 Å². The number of carbonyl (C=O) groups excluding carboxylic acids is 1. The number of carbonyl (C=O) groups is 1. The minimum absolute atomic E-state index is 0.0125. The first-order chi connectivity index (χ1) is 9.70. The van der Waals surface area contributed by atoms with Gasteiger partial charge < -0.3 is 14.8 Å². The Morgan fingerprint density at radius 2 is 2.00 bits per heavy atom. The summed E-state index contributed by atoms with van der Waals surface area (Å²) in [5.74, 6) is 0.604. The van der Waals surface area contributed by atoms with Crippen LogP contribution in [0.25, 0.3) is 0 Å².